The number of hydrogen-bond donors (Lipinski definition) is 1. The van der Waals surface area contributed by atoms with Gasteiger partial charge < -0.3 is 5.32 Å². The Hall–Kier alpha value is -3.32. The number of carbonyl (C=O) groups excluding carboxylic acids is 1. The minimum atomic E-state index is -3.31. The zero-order valence-electron chi connectivity index (χ0n) is 15.8. The Labute approximate surface area is 175 Å². The lowest BCUT2D eigenvalue weighted by Gasteiger charge is -2.10. The number of tetrazole rings is 1. The lowest BCUT2D eigenvalue weighted by molar-refractivity contribution is -0.384. The van der Waals surface area contributed by atoms with E-state index in [0.717, 1.165) is 18.0 Å². The van der Waals surface area contributed by atoms with E-state index in [0.29, 0.717) is 15.6 Å². The smallest absolute Gasteiger partial charge is 0.270 e. The van der Waals surface area contributed by atoms with Gasteiger partial charge in [0.05, 0.1) is 15.4 Å². The van der Waals surface area contributed by atoms with E-state index in [1.807, 2.05) is 0 Å². The molecule has 0 unspecified atom stereocenters. The molecule has 0 saturated carbocycles. The molecule has 0 spiro atoms. The van der Waals surface area contributed by atoms with Crippen LogP contribution in [0, 0.1) is 10.1 Å². The first kappa shape index (κ1) is 21.4. The zero-order chi connectivity index (χ0) is 21.9. The molecule has 0 atom stereocenters. The van der Waals surface area contributed by atoms with Gasteiger partial charge >= 0.3 is 0 Å². The highest BCUT2D eigenvalue weighted by atomic mass is 32.2. The Bertz CT molecular complexity index is 1210. The Balaban J connectivity index is 1.82. The lowest BCUT2D eigenvalue weighted by Crippen LogP contribution is -2.23. The number of benzene rings is 2. The number of nitro groups is 1. The SMILES string of the molecule is Cn1nnnc1Sc1ccc([N+](=O)[O-])cc1C(=O)NCc1ccc(S(C)(=O)=O)cc1. The predicted molar refractivity (Wildman–Crippen MR) is 107 cm³/mol. The highest BCUT2D eigenvalue weighted by molar-refractivity contribution is 7.99. The normalized spacial score (nSPS) is 11.3. The molecule has 0 fully saturated rings. The van der Waals surface area contributed by atoms with Crippen LogP contribution in [0.5, 0.6) is 0 Å². The van der Waals surface area contributed by atoms with Crippen LogP contribution in [0.4, 0.5) is 5.69 Å². The van der Waals surface area contributed by atoms with Gasteiger partial charge in [0.25, 0.3) is 11.6 Å². The largest absolute Gasteiger partial charge is 0.348 e. The molecule has 1 N–H and O–H groups in total. The number of nitrogens with zero attached hydrogens (tertiary/aromatic N) is 5. The van der Waals surface area contributed by atoms with Gasteiger partial charge in [-0.25, -0.2) is 13.1 Å². The number of carbonyl (C=O) groups is 1. The Kier molecular flexibility index (Phi) is 6.12. The molecule has 3 rings (SSSR count). The topological polar surface area (TPSA) is 150 Å². The zero-order valence-corrected chi connectivity index (χ0v) is 17.5. The van der Waals surface area contributed by atoms with Crippen molar-refractivity contribution in [2.75, 3.05) is 6.26 Å². The highest BCUT2D eigenvalue weighted by Crippen LogP contribution is 2.31. The summed E-state index contributed by atoms with van der Waals surface area (Å²) in [6.45, 7) is 0.112. The second-order valence-electron chi connectivity index (χ2n) is 6.22. The maximum Gasteiger partial charge on any atom is 0.270 e. The van der Waals surface area contributed by atoms with Crippen molar-refractivity contribution in [3.05, 3.63) is 63.7 Å². The van der Waals surface area contributed by atoms with Gasteiger partial charge in [-0.05, 0) is 46.0 Å². The van der Waals surface area contributed by atoms with Crippen molar-refractivity contribution in [3.8, 4) is 0 Å². The van der Waals surface area contributed by atoms with Gasteiger partial charge in [-0.3, -0.25) is 14.9 Å². The van der Waals surface area contributed by atoms with Crippen molar-refractivity contribution >= 4 is 33.2 Å². The third-order valence-corrected chi connectivity index (χ3v) is 6.24. The molecule has 11 nitrogen and oxygen atoms in total. The van der Waals surface area contributed by atoms with Crippen LogP contribution in [-0.4, -0.2) is 45.7 Å². The lowest BCUT2D eigenvalue weighted by atomic mass is 10.1. The first-order chi connectivity index (χ1) is 14.1. The van der Waals surface area contributed by atoms with Crippen LogP contribution in [-0.2, 0) is 23.4 Å². The number of sulfone groups is 1. The fraction of sp³-hybridized carbons (Fsp3) is 0.176. The highest BCUT2D eigenvalue weighted by Gasteiger charge is 2.19. The minimum Gasteiger partial charge on any atom is -0.348 e. The average Bonchev–Trinajstić information content (AvgIpc) is 3.10. The third-order valence-electron chi connectivity index (χ3n) is 4.01. The molecule has 156 valence electrons. The fourth-order valence-corrected chi connectivity index (χ4v) is 3.91. The maximum absolute atomic E-state index is 12.8. The average molecular weight is 448 g/mol. The van der Waals surface area contributed by atoms with Crippen LogP contribution in [0.2, 0.25) is 0 Å². The van der Waals surface area contributed by atoms with E-state index in [9.17, 15) is 23.3 Å². The molecule has 2 aromatic carbocycles. The summed E-state index contributed by atoms with van der Waals surface area (Å²) in [7, 11) is -1.68. The van der Waals surface area contributed by atoms with E-state index in [2.05, 4.69) is 20.8 Å². The van der Waals surface area contributed by atoms with Crippen molar-refractivity contribution in [2.45, 2.75) is 21.5 Å². The molecule has 0 bridgehead atoms. The van der Waals surface area contributed by atoms with Gasteiger partial charge in [0, 0.05) is 36.9 Å². The Morgan fingerprint density at radius 1 is 1.23 bits per heavy atom. The van der Waals surface area contributed by atoms with Gasteiger partial charge in [0.1, 0.15) is 0 Å². The summed E-state index contributed by atoms with van der Waals surface area (Å²) in [6.07, 6.45) is 1.11. The molecule has 1 heterocycles. The quantitative estimate of drug-likeness (QED) is 0.420. The number of aryl methyl sites for hydroxylation is 1. The minimum absolute atomic E-state index is 0.102. The molecule has 1 aromatic heterocycles. The Morgan fingerprint density at radius 3 is 2.50 bits per heavy atom. The van der Waals surface area contributed by atoms with E-state index in [1.165, 1.54) is 35.0 Å². The monoisotopic (exact) mass is 448 g/mol. The molecule has 1 amide bonds. The molecular formula is C17H16N6O5S2. The van der Waals surface area contributed by atoms with Crippen LogP contribution in [0.1, 0.15) is 15.9 Å². The summed E-state index contributed by atoms with van der Waals surface area (Å²) in [5, 5.41) is 25.3. The molecule has 0 aliphatic rings. The first-order valence-electron chi connectivity index (χ1n) is 8.41. The van der Waals surface area contributed by atoms with E-state index < -0.39 is 20.7 Å². The molecular weight excluding hydrogens is 432 g/mol. The number of aromatic nitrogens is 4. The van der Waals surface area contributed by atoms with Crippen LogP contribution in [0.15, 0.2) is 57.4 Å². The summed E-state index contributed by atoms with van der Waals surface area (Å²) < 4.78 is 24.5. The van der Waals surface area contributed by atoms with Gasteiger partial charge in [0.15, 0.2) is 9.84 Å². The van der Waals surface area contributed by atoms with Crippen LogP contribution >= 0.6 is 11.8 Å². The summed E-state index contributed by atoms with van der Waals surface area (Å²) in [5.74, 6) is -0.525. The number of nitrogens with one attached hydrogen (secondary N) is 1. The number of amides is 1. The van der Waals surface area contributed by atoms with Crippen molar-refractivity contribution in [3.63, 3.8) is 0 Å². The van der Waals surface area contributed by atoms with Crippen molar-refractivity contribution in [1.29, 1.82) is 0 Å². The van der Waals surface area contributed by atoms with Gasteiger partial charge in [0.2, 0.25) is 5.16 Å². The second kappa shape index (κ2) is 8.59. The van der Waals surface area contributed by atoms with E-state index in [1.54, 1.807) is 19.2 Å². The standard InChI is InChI=1S/C17H16N6O5S2/c1-22-17(19-20-21-22)29-15-8-5-12(23(25)26)9-14(15)16(24)18-10-11-3-6-13(7-4-11)30(2,27)28/h3-9H,10H2,1-2H3,(H,18,24). The van der Waals surface area contributed by atoms with Crippen molar-refractivity contribution in [1.82, 2.24) is 25.5 Å². The fourth-order valence-electron chi connectivity index (χ4n) is 2.44. The summed E-state index contributed by atoms with van der Waals surface area (Å²) in [5.41, 5.74) is 0.552. The Morgan fingerprint density at radius 2 is 1.93 bits per heavy atom. The molecule has 13 heteroatoms. The summed E-state index contributed by atoms with van der Waals surface area (Å²) in [6, 6.07) is 10.0. The molecule has 0 saturated heterocycles. The van der Waals surface area contributed by atoms with Crippen molar-refractivity contribution in [2.24, 2.45) is 7.05 Å². The summed E-state index contributed by atoms with van der Waals surface area (Å²) >= 11 is 1.10. The van der Waals surface area contributed by atoms with Crippen LogP contribution < -0.4 is 5.32 Å². The van der Waals surface area contributed by atoms with Gasteiger partial charge in [-0.15, -0.1) is 5.10 Å². The number of non-ortho nitro benzene ring substituents is 1. The molecule has 30 heavy (non-hydrogen) atoms. The second-order valence-corrected chi connectivity index (χ2v) is 9.25. The number of rotatable bonds is 7. The third kappa shape index (κ3) is 4.99. The van der Waals surface area contributed by atoms with Gasteiger partial charge in [-0.2, -0.15) is 0 Å². The van der Waals surface area contributed by atoms with E-state index in [4.69, 9.17) is 0 Å². The van der Waals surface area contributed by atoms with Gasteiger partial charge in [-0.1, -0.05) is 12.1 Å². The molecule has 3 aromatic rings. The van der Waals surface area contributed by atoms with Crippen molar-refractivity contribution < 1.29 is 18.1 Å². The van der Waals surface area contributed by atoms with E-state index in [-0.39, 0.29) is 22.7 Å². The first-order valence-corrected chi connectivity index (χ1v) is 11.1. The van der Waals surface area contributed by atoms with Crippen LogP contribution in [0.3, 0.4) is 0 Å². The van der Waals surface area contributed by atoms with E-state index >= 15 is 0 Å². The predicted octanol–water partition coefficient (Wildman–Crippen LogP) is 1.60. The van der Waals surface area contributed by atoms with Crippen LogP contribution in [0.25, 0.3) is 0 Å². The number of nitro benzene ring substituents is 1. The maximum atomic E-state index is 12.8. The molecule has 0 radical (unpaired) electrons. The molecule has 0 aliphatic carbocycles. The number of hydrogen-bond acceptors (Lipinski definition) is 9. The summed E-state index contributed by atoms with van der Waals surface area (Å²) in [4.78, 5) is 23.9. The molecule has 0 aliphatic heterocycles.